The van der Waals surface area contributed by atoms with Crippen molar-refractivity contribution in [3.63, 3.8) is 0 Å². The van der Waals surface area contributed by atoms with Gasteiger partial charge in [0.2, 0.25) is 10.0 Å². The van der Waals surface area contributed by atoms with Crippen molar-refractivity contribution in [2.24, 2.45) is 0 Å². The Morgan fingerprint density at radius 2 is 2.13 bits per heavy atom. The standard InChI is InChI=1S/C16H23FN2O3S/c1-2-23(20,21)19-9-10-22-16(13-19)7-4-8-18(12-16)15-6-3-5-14(17)11-15/h3,5-6,11H,2,4,7-10,12-13H2,1H3/t16-/m1/s1. The number of ether oxygens (including phenoxy) is 1. The minimum absolute atomic E-state index is 0.108. The number of hydrogen-bond acceptors (Lipinski definition) is 4. The fourth-order valence-corrected chi connectivity index (χ4v) is 4.62. The Hall–Kier alpha value is -1.18. The predicted molar refractivity (Wildman–Crippen MR) is 87.6 cm³/mol. The molecule has 2 heterocycles. The number of benzene rings is 1. The topological polar surface area (TPSA) is 49.9 Å². The lowest BCUT2D eigenvalue weighted by Crippen LogP contribution is -2.61. The molecule has 7 heteroatoms. The summed E-state index contributed by atoms with van der Waals surface area (Å²) in [7, 11) is -3.21. The van der Waals surface area contributed by atoms with Crippen LogP contribution in [0.5, 0.6) is 0 Å². The summed E-state index contributed by atoms with van der Waals surface area (Å²) in [5.41, 5.74) is 0.327. The minimum atomic E-state index is -3.21. The number of hydrogen-bond donors (Lipinski definition) is 0. The zero-order chi connectivity index (χ0) is 16.5. The smallest absolute Gasteiger partial charge is 0.214 e. The average Bonchev–Trinajstić information content (AvgIpc) is 2.55. The Labute approximate surface area is 137 Å². The van der Waals surface area contributed by atoms with Crippen LogP contribution in [0.3, 0.4) is 0 Å². The summed E-state index contributed by atoms with van der Waals surface area (Å²) >= 11 is 0. The van der Waals surface area contributed by atoms with Crippen molar-refractivity contribution in [2.45, 2.75) is 25.4 Å². The lowest BCUT2D eigenvalue weighted by Gasteiger charge is -2.48. The van der Waals surface area contributed by atoms with Crippen molar-refractivity contribution in [3.05, 3.63) is 30.1 Å². The quantitative estimate of drug-likeness (QED) is 0.841. The molecule has 2 fully saturated rings. The van der Waals surface area contributed by atoms with E-state index in [1.165, 1.54) is 12.1 Å². The molecule has 0 saturated carbocycles. The van der Waals surface area contributed by atoms with Gasteiger partial charge in [-0.3, -0.25) is 0 Å². The van der Waals surface area contributed by atoms with Crippen molar-refractivity contribution in [2.75, 3.05) is 43.4 Å². The number of halogens is 1. The first-order valence-electron chi connectivity index (χ1n) is 8.06. The Balaban J connectivity index is 1.79. The second kappa shape index (κ2) is 6.37. The van der Waals surface area contributed by atoms with Gasteiger partial charge in [0, 0.05) is 31.9 Å². The molecule has 0 radical (unpaired) electrons. The summed E-state index contributed by atoms with van der Waals surface area (Å²) in [6.07, 6.45) is 1.73. The van der Waals surface area contributed by atoms with E-state index in [0.717, 1.165) is 25.1 Å². The minimum Gasteiger partial charge on any atom is -0.370 e. The highest BCUT2D eigenvalue weighted by Gasteiger charge is 2.43. The molecule has 128 valence electrons. The molecule has 2 aliphatic heterocycles. The second-order valence-electron chi connectivity index (χ2n) is 6.27. The third-order valence-electron chi connectivity index (χ3n) is 4.68. The number of piperidine rings is 1. The van der Waals surface area contributed by atoms with Gasteiger partial charge in [-0.2, -0.15) is 4.31 Å². The summed E-state index contributed by atoms with van der Waals surface area (Å²) in [6, 6.07) is 6.52. The van der Waals surface area contributed by atoms with Crippen LogP contribution in [0.25, 0.3) is 0 Å². The lowest BCUT2D eigenvalue weighted by atomic mass is 9.91. The molecule has 2 aliphatic rings. The number of anilines is 1. The molecule has 0 N–H and O–H groups in total. The van der Waals surface area contributed by atoms with Gasteiger partial charge in [-0.15, -0.1) is 0 Å². The maximum atomic E-state index is 13.5. The molecule has 0 bridgehead atoms. The largest absolute Gasteiger partial charge is 0.370 e. The fraction of sp³-hybridized carbons (Fsp3) is 0.625. The van der Waals surface area contributed by atoms with E-state index >= 15 is 0 Å². The summed E-state index contributed by atoms with van der Waals surface area (Å²) in [5.74, 6) is -0.154. The second-order valence-corrected chi connectivity index (χ2v) is 8.53. The van der Waals surface area contributed by atoms with E-state index in [9.17, 15) is 12.8 Å². The molecular formula is C16H23FN2O3S. The van der Waals surface area contributed by atoms with Gasteiger partial charge < -0.3 is 9.64 Å². The van der Waals surface area contributed by atoms with Crippen LogP contribution in [0, 0.1) is 5.82 Å². The van der Waals surface area contributed by atoms with Gasteiger partial charge in [-0.05, 0) is 38.0 Å². The van der Waals surface area contributed by atoms with Gasteiger partial charge in [0.25, 0.3) is 0 Å². The van der Waals surface area contributed by atoms with Crippen molar-refractivity contribution in [3.8, 4) is 0 Å². The van der Waals surface area contributed by atoms with Gasteiger partial charge in [0.05, 0.1) is 18.0 Å². The van der Waals surface area contributed by atoms with Gasteiger partial charge >= 0.3 is 0 Å². The third-order valence-corrected chi connectivity index (χ3v) is 6.51. The molecule has 23 heavy (non-hydrogen) atoms. The average molecular weight is 342 g/mol. The zero-order valence-corrected chi connectivity index (χ0v) is 14.2. The van der Waals surface area contributed by atoms with Crippen LogP contribution < -0.4 is 4.90 Å². The van der Waals surface area contributed by atoms with E-state index in [1.807, 2.05) is 6.07 Å². The van der Waals surface area contributed by atoms with E-state index in [0.29, 0.717) is 26.2 Å². The summed E-state index contributed by atoms with van der Waals surface area (Å²) in [5, 5.41) is 0. The normalized spacial score (nSPS) is 26.6. The molecule has 0 aromatic heterocycles. The zero-order valence-electron chi connectivity index (χ0n) is 13.4. The van der Waals surface area contributed by atoms with Crippen molar-refractivity contribution in [1.82, 2.24) is 4.31 Å². The predicted octanol–water partition coefficient (Wildman–Crippen LogP) is 1.85. The van der Waals surface area contributed by atoms with Crippen molar-refractivity contribution < 1.29 is 17.5 Å². The number of rotatable bonds is 3. The Kier molecular flexibility index (Phi) is 4.62. The van der Waals surface area contributed by atoms with Gasteiger partial charge in [0.1, 0.15) is 5.82 Å². The first-order valence-corrected chi connectivity index (χ1v) is 9.67. The molecule has 5 nitrogen and oxygen atoms in total. The Morgan fingerprint density at radius 3 is 2.87 bits per heavy atom. The van der Waals surface area contributed by atoms with E-state index in [4.69, 9.17) is 4.74 Å². The van der Waals surface area contributed by atoms with E-state index in [1.54, 1.807) is 17.3 Å². The fourth-order valence-electron chi connectivity index (χ4n) is 3.47. The lowest BCUT2D eigenvalue weighted by molar-refractivity contribution is -0.0949. The molecular weight excluding hydrogens is 319 g/mol. The highest BCUT2D eigenvalue weighted by atomic mass is 32.2. The first-order chi connectivity index (χ1) is 10.9. The van der Waals surface area contributed by atoms with Crippen LogP contribution in [0.1, 0.15) is 19.8 Å². The van der Waals surface area contributed by atoms with Crippen LogP contribution in [0.2, 0.25) is 0 Å². The molecule has 2 saturated heterocycles. The number of sulfonamides is 1. The van der Waals surface area contributed by atoms with Crippen LogP contribution in [0.4, 0.5) is 10.1 Å². The molecule has 0 amide bonds. The maximum absolute atomic E-state index is 13.5. The summed E-state index contributed by atoms with van der Waals surface area (Å²) in [4.78, 5) is 2.09. The number of nitrogens with zero attached hydrogens (tertiary/aromatic N) is 2. The van der Waals surface area contributed by atoms with Crippen molar-refractivity contribution >= 4 is 15.7 Å². The number of morpholine rings is 1. The van der Waals surface area contributed by atoms with E-state index in [2.05, 4.69) is 4.90 Å². The molecule has 1 aromatic rings. The molecule has 0 unspecified atom stereocenters. The summed E-state index contributed by atoms with van der Waals surface area (Å²) in [6.45, 7) is 4.29. The van der Waals surface area contributed by atoms with Crippen LogP contribution in [-0.2, 0) is 14.8 Å². The van der Waals surface area contributed by atoms with Crippen LogP contribution in [0.15, 0.2) is 24.3 Å². The monoisotopic (exact) mass is 342 g/mol. The molecule has 0 aliphatic carbocycles. The van der Waals surface area contributed by atoms with Gasteiger partial charge in [-0.25, -0.2) is 12.8 Å². The Morgan fingerprint density at radius 1 is 1.30 bits per heavy atom. The van der Waals surface area contributed by atoms with E-state index < -0.39 is 15.6 Å². The Bertz CT molecular complexity index is 663. The maximum Gasteiger partial charge on any atom is 0.214 e. The highest BCUT2D eigenvalue weighted by Crippen LogP contribution is 2.32. The van der Waals surface area contributed by atoms with Crippen LogP contribution >= 0.6 is 0 Å². The summed E-state index contributed by atoms with van der Waals surface area (Å²) < 4.78 is 45.4. The SMILES string of the molecule is CCS(=O)(=O)N1CCO[C@@]2(CCCN(c3cccc(F)c3)C2)C1. The van der Waals surface area contributed by atoms with E-state index in [-0.39, 0.29) is 11.6 Å². The van der Waals surface area contributed by atoms with Crippen LogP contribution in [-0.4, -0.2) is 56.9 Å². The van der Waals surface area contributed by atoms with Crippen molar-refractivity contribution in [1.29, 1.82) is 0 Å². The molecule has 1 aromatic carbocycles. The molecule has 1 atom stereocenters. The van der Waals surface area contributed by atoms with Gasteiger partial charge in [-0.1, -0.05) is 6.07 Å². The van der Waals surface area contributed by atoms with Gasteiger partial charge in [0.15, 0.2) is 0 Å². The third kappa shape index (κ3) is 3.51. The first kappa shape index (κ1) is 16.7. The molecule has 3 rings (SSSR count). The highest BCUT2D eigenvalue weighted by molar-refractivity contribution is 7.89. The molecule has 1 spiro atoms.